The molecular weight excluding hydrogens is 368 g/mol. The molecule has 158 valence electrons. The van der Waals surface area contributed by atoms with Gasteiger partial charge in [0.05, 0.1) is 13.2 Å². The molecule has 27 heavy (non-hydrogen) atoms. The molecule has 2 rings (SSSR count). The van der Waals surface area contributed by atoms with Crippen LogP contribution in [0.3, 0.4) is 0 Å². The first-order valence-electron chi connectivity index (χ1n) is 8.60. The Labute approximate surface area is 155 Å². The van der Waals surface area contributed by atoms with E-state index in [1.54, 1.807) is 0 Å². The fourth-order valence-corrected chi connectivity index (χ4v) is 3.38. The van der Waals surface area contributed by atoms with E-state index in [0.29, 0.717) is 0 Å². The van der Waals surface area contributed by atoms with Gasteiger partial charge >= 0.3 is 0 Å². The molecule has 0 aromatic carbocycles. The average molecular weight is 396 g/mol. The van der Waals surface area contributed by atoms with Gasteiger partial charge in [-0.05, 0) is 12.8 Å². The molecule has 0 spiro atoms. The van der Waals surface area contributed by atoms with E-state index < -0.39 is 74.1 Å². The molecule has 2 aliphatic rings. The highest BCUT2D eigenvalue weighted by molar-refractivity contribution is 5.04. The Hall–Kier alpha value is -0.700. The fourth-order valence-electron chi connectivity index (χ4n) is 3.38. The number of allylic oxidation sites excluding steroid dienone is 1. The van der Waals surface area contributed by atoms with Crippen molar-refractivity contribution in [1.82, 2.24) is 0 Å². The third-order valence-corrected chi connectivity index (χ3v) is 5.09. The van der Waals surface area contributed by atoms with Crippen LogP contribution >= 0.6 is 0 Å². The Morgan fingerprint density at radius 2 is 1.59 bits per heavy atom. The number of aliphatic hydroxyl groups is 8. The zero-order valence-corrected chi connectivity index (χ0v) is 14.7. The first kappa shape index (κ1) is 22.6. The number of aliphatic hydroxyl groups excluding tert-OH is 7. The molecule has 11 heteroatoms. The summed E-state index contributed by atoms with van der Waals surface area (Å²) in [4.78, 5) is 0. The highest BCUT2D eigenvalue weighted by Crippen LogP contribution is 2.39. The van der Waals surface area contributed by atoms with Gasteiger partial charge in [-0.15, -0.1) is 6.58 Å². The summed E-state index contributed by atoms with van der Waals surface area (Å²) in [6.45, 7) is 1.12. The summed E-state index contributed by atoms with van der Waals surface area (Å²) in [5.74, 6) is -2.26. The lowest BCUT2D eigenvalue weighted by atomic mass is 9.80. The molecule has 8 N–H and O–H groups in total. The van der Waals surface area contributed by atoms with Gasteiger partial charge in [0, 0.05) is 0 Å². The highest BCUT2D eigenvalue weighted by atomic mass is 16.8. The van der Waals surface area contributed by atoms with E-state index in [4.69, 9.17) is 14.2 Å². The number of hydrogen-bond acceptors (Lipinski definition) is 11. The zero-order chi connectivity index (χ0) is 20.4. The number of hydrogen-bond donors (Lipinski definition) is 8. The summed E-state index contributed by atoms with van der Waals surface area (Å²) in [6.07, 6.45) is -9.76. The van der Waals surface area contributed by atoms with Crippen LogP contribution in [0, 0.1) is 0 Å². The SMILES string of the molecule is C=CCCC1(O)C(O)C(CO)O[C@H](O[C@@]2(CO)OC(CO)C(O)C2O)C1O. The van der Waals surface area contributed by atoms with Crippen LogP contribution in [0.2, 0.25) is 0 Å². The van der Waals surface area contributed by atoms with Gasteiger partial charge in [0.1, 0.15) is 48.8 Å². The van der Waals surface area contributed by atoms with Gasteiger partial charge in [-0.3, -0.25) is 0 Å². The van der Waals surface area contributed by atoms with Crippen molar-refractivity contribution in [1.29, 1.82) is 0 Å². The summed E-state index contributed by atoms with van der Waals surface area (Å²) in [5, 5.41) is 80.0. The Morgan fingerprint density at radius 3 is 2.07 bits per heavy atom. The van der Waals surface area contributed by atoms with E-state index >= 15 is 0 Å². The summed E-state index contributed by atoms with van der Waals surface area (Å²) >= 11 is 0. The third kappa shape index (κ3) is 3.91. The largest absolute Gasteiger partial charge is 0.394 e. The van der Waals surface area contributed by atoms with Crippen LogP contribution in [0.1, 0.15) is 12.8 Å². The molecule has 0 aliphatic carbocycles. The van der Waals surface area contributed by atoms with Crippen LogP contribution in [0.25, 0.3) is 0 Å². The Morgan fingerprint density at radius 1 is 0.963 bits per heavy atom. The molecule has 9 atom stereocenters. The molecule has 2 saturated heterocycles. The predicted molar refractivity (Wildman–Crippen MR) is 87.0 cm³/mol. The lowest BCUT2D eigenvalue weighted by molar-refractivity contribution is -0.397. The second kappa shape index (κ2) is 8.76. The minimum Gasteiger partial charge on any atom is -0.394 e. The quantitative estimate of drug-likeness (QED) is 0.186. The average Bonchev–Trinajstić information content (AvgIpc) is 2.92. The lowest BCUT2D eigenvalue weighted by Gasteiger charge is -2.49. The molecule has 2 fully saturated rings. The molecule has 0 saturated carbocycles. The molecule has 7 unspecified atom stereocenters. The summed E-state index contributed by atoms with van der Waals surface area (Å²) < 4.78 is 15.9. The Kier molecular flexibility index (Phi) is 7.33. The van der Waals surface area contributed by atoms with Crippen molar-refractivity contribution >= 4 is 0 Å². The van der Waals surface area contributed by atoms with Crippen molar-refractivity contribution in [3.63, 3.8) is 0 Å². The maximum absolute atomic E-state index is 10.8. The van der Waals surface area contributed by atoms with E-state index in [1.165, 1.54) is 6.08 Å². The number of rotatable bonds is 8. The summed E-state index contributed by atoms with van der Waals surface area (Å²) in [5.41, 5.74) is -2.15. The van der Waals surface area contributed by atoms with E-state index in [1.807, 2.05) is 0 Å². The van der Waals surface area contributed by atoms with Gasteiger partial charge in [0.15, 0.2) is 6.29 Å². The van der Waals surface area contributed by atoms with Gasteiger partial charge in [0.2, 0.25) is 5.79 Å². The zero-order valence-electron chi connectivity index (χ0n) is 14.7. The second-order valence-corrected chi connectivity index (χ2v) is 6.80. The molecule has 2 aliphatic heterocycles. The topological polar surface area (TPSA) is 190 Å². The van der Waals surface area contributed by atoms with Crippen molar-refractivity contribution in [3.05, 3.63) is 12.7 Å². The molecule has 0 aromatic heterocycles. The molecular formula is C16H28O11. The first-order valence-corrected chi connectivity index (χ1v) is 8.60. The van der Waals surface area contributed by atoms with Crippen LogP contribution in [0.5, 0.6) is 0 Å². The first-order chi connectivity index (χ1) is 12.7. The lowest BCUT2D eigenvalue weighted by Crippen LogP contribution is -2.69. The molecule has 2 heterocycles. The van der Waals surface area contributed by atoms with Crippen molar-refractivity contribution in [2.75, 3.05) is 19.8 Å². The smallest absolute Gasteiger partial charge is 0.224 e. The molecule has 0 bridgehead atoms. The number of ether oxygens (including phenoxy) is 3. The van der Waals surface area contributed by atoms with Crippen LogP contribution in [0.15, 0.2) is 12.7 Å². The molecule has 0 radical (unpaired) electrons. The predicted octanol–water partition coefficient (Wildman–Crippen LogP) is -4.06. The van der Waals surface area contributed by atoms with Gasteiger partial charge in [0.25, 0.3) is 0 Å². The maximum Gasteiger partial charge on any atom is 0.224 e. The van der Waals surface area contributed by atoms with Crippen LogP contribution < -0.4 is 0 Å². The molecule has 11 nitrogen and oxygen atoms in total. The van der Waals surface area contributed by atoms with Crippen molar-refractivity contribution < 1.29 is 55.1 Å². The van der Waals surface area contributed by atoms with Gasteiger partial charge < -0.3 is 55.1 Å². The maximum atomic E-state index is 10.8. The van der Waals surface area contributed by atoms with Crippen LogP contribution in [-0.2, 0) is 14.2 Å². The normalized spacial score (nSPS) is 47.9. The van der Waals surface area contributed by atoms with E-state index in [9.17, 15) is 40.9 Å². The highest BCUT2D eigenvalue weighted by Gasteiger charge is 2.61. The van der Waals surface area contributed by atoms with E-state index in [-0.39, 0.29) is 12.8 Å². The molecule has 0 aromatic rings. The van der Waals surface area contributed by atoms with Crippen LogP contribution in [0.4, 0.5) is 0 Å². The Bertz CT molecular complexity index is 505. The van der Waals surface area contributed by atoms with Crippen molar-refractivity contribution in [3.8, 4) is 0 Å². The van der Waals surface area contributed by atoms with Gasteiger partial charge in [-0.25, -0.2) is 0 Å². The third-order valence-electron chi connectivity index (χ3n) is 5.09. The molecule has 0 amide bonds. The van der Waals surface area contributed by atoms with Crippen molar-refractivity contribution in [2.45, 2.75) is 67.1 Å². The van der Waals surface area contributed by atoms with Crippen LogP contribution in [-0.4, -0.2) is 115 Å². The van der Waals surface area contributed by atoms with E-state index in [2.05, 4.69) is 6.58 Å². The fraction of sp³-hybridized carbons (Fsp3) is 0.875. The van der Waals surface area contributed by atoms with Crippen molar-refractivity contribution in [2.24, 2.45) is 0 Å². The summed E-state index contributed by atoms with van der Waals surface area (Å²) in [6, 6.07) is 0. The monoisotopic (exact) mass is 396 g/mol. The minimum atomic E-state index is -2.26. The van der Waals surface area contributed by atoms with Gasteiger partial charge in [-0.1, -0.05) is 6.08 Å². The minimum absolute atomic E-state index is 0.143. The van der Waals surface area contributed by atoms with Gasteiger partial charge in [-0.2, -0.15) is 0 Å². The Balaban J connectivity index is 2.29. The second-order valence-electron chi connectivity index (χ2n) is 6.80. The standard InChI is InChI=1S/C16H28O11/c1-2-3-4-15(24)11(21)9(6-18)25-14(13(15)23)27-16(7-19)12(22)10(20)8(5-17)26-16/h2,8-14,17-24H,1,3-7H2/t8?,9?,10?,11?,12?,13?,14-,15?,16-/m1/s1. The van der Waals surface area contributed by atoms with E-state index in [0.717, 1.165) is 0 Å². The summed E-state index contributed by atoms with van der Waals surface area (Å²) in [7, 11) is 0.